The average molecular weight is 329 g/mol. The Morgan fingerprint density at radius 2 is 2.26 bits per heavy atom. The molecule has 1 saturated carbocycles. The van der Waals surface area contributed by atoms with Gasteiger partial charge < -0.3 is 14.6 Å². The normalized spacial score (nSPS) is 22.4. The zero-order chi connectivity index (χ0) is 14.0. The lowest BCUT2D eigenvalue weighted by Gasteiger charge is -2.35. The van der Waals surface area contributed by atoms with Crippen molar-refractivity contribution in [2.24, 2.45) is 0 Å². The summed E-state index contributed by atoms with van der Waals surface area (Å²) in [6, 6.07) is 2.39. The van der Waals surface area contributed by atoms with Gasteiger partial charge in [0, 0.05) is 29.4 Å². The maximum atomic E-state index is 12.3. The number of halogens is 1. The van der Waals surface area contributed by atoms with Crippen molar-refractivity contribution >= 4 is 21.8 Å². The van der Waals surface area contributed by atoms with Gasteiger partial charge in [-0.2, -0.15) is 0 Å². The summed E-state index contributed by atoms with van der Waals surface area (Å²) in [5.74, 6) is -0.000603. The van der Waals surface area contributed by atoms with Gasteiger partial charge in [0.25, 0.3) is 5.91 Å². The Hall–Kier alpha value is -0.810. The Balaban J connectivity index is 1.94. The molecule has 0 bridgehead atoms. The summed E-state index contributed by atoms with van der Waals surface area (Å²) >= 11 is 3.43. The number of amides is 1. The van der Waals surface area contributed by atoms with E-state index in [-0.39, 0.29) is 18.0 Å². The first-order valence-corrected chi connectivity index (χ1v) is 7.60. The van der Waals surface area contributed by atoms with E-state index in [1.54, 1.807) is 0 Å². The molecule has 106 valence electrons. The number of hydrogen-bond acceptors (Lipinski definition) is 2. The van der Waals surface area contributed by atoms with Crippen LogP contribution in [0.25, 0.3) is 0 Å². The fraction of sp³-hybridized carbons (Fsp3) is 0.643. The third kappa shape index (κ3) is 3.39. The van der Waals surface area contributed by atoms with Crippen LogP contribution in [0.2, 0.25) is 0 Å². The molecule has 0 unspecified atom stereocenters. The average Bonchev–Trinajstić information content (AvgIpc) is 2.68. The van der Waals surface area contributed by atoms with Crippen molar-refractivity contribution in [2.45, 2.75) is 51.8 Å². The predicted octanol–water partition coefficient (Wildman–Crippen LogP) is 3.13. The van der Waals surface area contributed by atoms with E-state index in [1.807, 2.05) is 23.8 Å². The van der Waals surface area contributed by atoms with Crippen molar-refractivity contribution in [1.29, 1.82) is 0 Å². The lowest BCUT2D eigenvalue weighted by atomic mass is 9.89. The van der Waals surface area contributed by atoms with E-state index < -0.39 is 0 Å². The van der Waals surface area contributed by atoms with Crippen LogP contribution in [0.5, 0.6) is 0 Å². The van der Waals surface area contributed by atoms with Crippen molar-refractivity contribution in [3.8, 4) is 0 Å². The van der Waals surface area contributed by atoms with Crippen molar-refractivity contribution < 1.29 is 9.53 Å². The van der Waals surface area contributed by atoms with Crippen LogP contribution in [0.3, 0.4) is 0 Å². The first kappa shape index (κ1) is 14.6. The van der Waals surface area contributed by atoms with Crippen molar-refractivity contribution in [1.82, 2.24) is 9.88 Å². The highest BCUT2D eigenvalue weighted by atomic mass is 79.9. The van der Waals surface area contributed by atoms with E-state index >= 15 is 0 Å². The van der Waals surface area contributed by atoms with Gasteiger partial charge in [-0.05, 0) is 55.6 Å². The Morgan fingerprint density at radius 3 is 2.84 bits per heavy atom. The molecule has 0 spiro atoms. The summed E-state index contributed by atoms with van der Waals surface area (Å²) in [5.41, 5.74) is 0.710. The lowest BCUT2D eigenvalue weighted by molar-refractivity contribution is -0.00871. The van der Waals surface area contributed by atoms with Gasteiger partial charge in [-0.1, -0.05) is 0 Å². The number of nitrogens with one attached hydrogen (secondary N) is 1. The molecule has 1 aliphatic carbocycles. The predicted molar refractivity (Wildman–Crippen MR) is 78.4 cm³/mol. The highest BCUT2D eigenvalue weighted by molar-refractivity contribution is 9.10. The fourth-order valence-corrected chi connectivity index (χ4v) is 2.81. The molecular formula is C14H21BrN2O2. The summed E-state index contributed by atoms with van der Waals surface area (Å²) in [7, 11) is 0. The van der Waals surface area contributed by atoms with E-state index in [0.717, 1.165) is 23.9 Å². The van der Waals surface area contributed by atoms with Crippen LogP contribution in [0, 0.1) is 0 Å². The molecule has 0 atom stereocenters. The van der Waals surface area contributed by atoms with Crippen molar-refractivity contribution in [3.05, 3.63) is 22.4 Å². The zero-order valence-corrected chi connectivity index (χ0v) is 13.2. The van der Waals surface area contributed by atoms with E-state index in [9.17, 15) is 4.79 Å². The molecular weight excluding hydrogens is 308 g/mol. The van der Waals surface area contributed by atoms with E-state index in [0.29, 0.717) is 11.8 Å². The molecule has 2 rings (SSSR count). The second kappa shape index (κ2) is 6.09. The minimum Gasteiger partial charge on any atom is -0.378 e. The van der Waals surface area contributed by atoms with Crippen LogP contribution < -0.4 is 5.32 Å². The number of carbonyl (C=O) groups is 1. The third-order valence-corrected chi connectivity index (χ3v) is 3.87. The van der Waals surface area contributed by atoms with Crippen molar-refractivity contribution in [2.75, 3.05) is 6.61 Å². The van der Waals surface area contributed by atoms with Gasteiger partial charge in [-0.15, -0.1) is 0 Å². The first-order valence-electron chi connectivity index (χ1n) is 6.81. The van der Waals surface area contributed by atoms with Gasteiger partial charge in [0.2, 0.25) is 0 Å². The number of aromatic nitrogens is 1. The zero-order valence-electron chi connectivity index (χ0n) is 11.6. The molecule has 0 saturated heterocycles. The largest absolute Gasteiger partial charge is 0.378 e. The van der Waals surface area contributed by atoms with E-state index in [2.05, 4.69) is 35.1 Å². The molecule has 1 aromatic rings. The maximum absolute atomic E-state index is 12.3. The number of nitrogens with zero attached hydrogens (tertiary/aromatic N) is 1. The standard InChI is InChI=1S/C14H21BrN2O2/c1-4-19-12-6-11(7-12)16-14(18)13-5-10(15)8-17(13)9(2)3/h5,8-9,11-12H,4,6-7H2,1-3H3,(H,16,18). The SMILES string of the molecule is CCOC1CC(NC(=O)c2cc(Br)cn2C(C)C)C1. The van der Waals surface area contributed by atoms with Crippen LogP contribution in [-0.2, 0) is 4.74 Å². The molecule has 0 aromatic carbocycles. The van der Waals surface area contributed by atoms with Gasteiger partial charge in [-0.3, -0.25) is 4.79 Å². The number of rotatable bonds is 5. The van der Waals surface area contributed by atoms with E-state index in [1.165, 1.54) is 0 Å². The molecule has 1 aliphatic rings. The molecule has 1 N–H and O–H groups in total. The smallest absolute Gasteiger partial charge is 0.268 e. The number of carbonyl (C=O) groups excluding carboxylic acids is 1. The highest BCUT2D eigenvalue weighted by Crippen LogP contribution is 2.24. The van der Waals surface area contributed by atoms with E-state index in [4.69, 9.17) is 4.74 Å². The number of hydrogen-bond donors (Lipinski definition) is 1. The molecule has 19 heavy (non-hydrogen) atoms. The third-order valence-electron chi connectivity index (χ3n) is 3.44. The van der Waals surface area contributed by atoms with Crippen LogP contribution >= 0.6 is 15.9 Å². The summed E-state index contributed by atoms with van der Waals surface area (Å²) in [5, 5.41) is 3.07. The van der Waals surface area contributed by atoms with Gasteiger partial charge in [0.1, 0.15) is 5.69 Å². The molecule has 0 radical (unpaired) electrons. The topological polar surface area (TPSA) is 43.3 Å². The van der Waals surface area contributed by atoms with Gasteiger partial charge >= 0.3 is 0 Å². The van der Waals surface area contributed by atoms with Crippen LogP contribution in [0.4, 0.5) is 0 Å². The quantitative estimate of drug-likeness (QED) is 0.902. The maximum Gasteiger partial charge on any atom is 0.268 e. The Kier molecular flexibility index (Phi) is 4.68. The summed E-state index contributed by atoms with van der Waals surface area (Å²) in [6.07, 6.45) is 4.11. The number of ether oxygens (including phenoxy) is 1. The summed E-state index contributed by atoms with van der Waals surface area (Å²) < 4.78 is 8.42. The first-order chi connectivity index (χ1) is 9.01. The highest BCUT2D eigenvalue weighted by Gasteiger charge is 2.31. The lowest BCUT2D eigenvalue weighted by Crippen LogP contribution is -2.48. The summed E-state index contributed by atoms with van der Waals surface area (Å²) in [4.78, 5) is 12.3. The molecule has 0 aliphatic heterocycles. The monoisotopic (exact) mass is 328 g/mol. The van der Waals surface area contributed by atoms with Gasteiger partial charge in [-0.25, -0.2) is 0 Å². The summed E-state index contributed by atoms with van der Waals surface area (Å²) in [6.45, 7) is 6.88. The van der Waals surface area contributed by atoms with Crippen molar-refractivity contribution in [3.63, 3.8) is 0 Å². The molecule has 1 fully saturated rings. The van der Waals surface area contributed by atoms with Crippen LogP contribution in [-0.4, -0.2) is 29.2 Å². The Labute approximate surface area is 122 Å². The van der Waals surface area contributed by atoms with Crippen LogP contribution in [0.15, 0.2) is 16.7 Å². The van der Waals surface area contributed by atoms with Gasteiger partial charge in [0.05, 0.1) is 6.10 Å². The minimum absolute atomic E-state index is 0.000603. The second-order valence-electron chi connectivity index (χ2n) is 5.26. The molecule has 5 heteroatoms. The van der Waals surface area contributed by atoms with Crippen LogP contribution in [0.1, 0.15) is 50.1 Å². The minimum atomic E-state index is -0.000603. The Bertz CT molecular complexity index is 450. The second-order valence-corrected chi connectivity index (χ2v) is 6.18. The van der Waals surface area contributed by atoms with Gasteiger partial charge in [0.15, 0.2) is 0 Å². The molecule has 1 aromatic heterocycles. The molecule has 1 heterocycles. The fourth-order valence-electron chi connectivity index (χ4n) is 2.37. The Morgan fingerprint density at radius 1 is 1.58 bits per heavy atom. The molecule has 1 amide bonds. The molecule has 4 nitrogen and oxygen atoms in total.